The molecule has 2 N–H and O–H groups in total. The molecule has 6 heteroatoms. The number of carboxylic acids is 1. The van der Waals surface area contributed by atoms with Gasteiger partial charge in [-0.25, -0.2) is 9.78 Å². The Morgan fingerprint density at radius 3 is 3.00 bits per heavy atom. The van der Waals surface area contributed by atoms with E-state index >= 15 is 0 Å². The predicted octanol–water partition coefficient (Wildman–Crippen LogP) is 2.27. The van der Waals surface area contributed by atoms with Gasteiger partial charge in [-0.15, -0.1) is 0 Å². The van der Waals surface area contributed by atoms with Crippen LogP contribution >= 0.6 is 11.6 Å². The Kier molecular flexibility index (Phi) is 4.38. The monoisotopic (exact) mass is 270 g/mol. The van der Waals surface area contributed by atoms with Crippen LogP contribution in [0.15, 0.2) is 12.1 Å². The first-order chi connectivity index (χ1) is 8.66. The number of aromatic nitrogens is 1. The van der Waals surface area contributed by atoms with Gasteiger partial charge in [0.2, 0.25) is 0 Å². The molecule has 0 aliphatic heterocycles. The van der Waals surface area contributed by atoms with Gasteiger partial charge in [0.05, 0.1) is 11.6 Å². The lowest BCUT2D eigenvalue weighted by molar-refractivity contribution is 0.0691. The highest BCUT2D eigenvalue weighted by Gasteiger charge is 2.20. The van der Waals surface area contributed by atoms with E-state index in [1.54, 1.807) is 6.07 Å². The van der Waals surface area contributed by atoms with Crippen LogP contribution in [-0.2, 0) is 4.74 Å². The molecule has 2 rings (SSSR count). The van der Waals surface area contributed by atoms with Crippen LogP contribution in [0.25, 0.3) is 0 Å². The topological polar surface area (TPSA) is 71.5 Å². The van der Waals surface area contributed by atoms with E-state index in [1.807, 2.05) is 0 Å². The first kappa shape index (κ1) is 13.1. The highest BCUT2D eigenvalue weighted by Crippen LogP contribution is 2.28. The van der Waals surface area contributed by atoms with Crippen molar-refractivity contribution in [2.75, 3.05) is 25.1 Å². The van der Waals surface area contributed by atoms with E-state index in [4.69, 9.17) is 21.4 Å². The molecule has 1 aromatic heterocycles. The number of halogens is 1. The summed E-state index contributed by atoms with van der Waals surface area (Å²) in [6, 6.07) is 3.17. The van der Waals surface area contributed by atoms with Gasteiger partial charge in [0.15, 0.2) is 5.69 Å². The van der Waals surface area contributed by atoms with Crippen molar-refractivity contribution in [3.05, 3.63) is 22.8 Å². The summed E-state index contributed by atoms with van der Waals surface area (Å²) >= 11 is 5.72. The van der Waals surface area contributed by atoms with Crippen molar-refractivity contribution in [3.8, 4) is 0 Å². The molecule has 0 atom stereocenters. The van der Waals surface area contributed by atoms with Gasteiger partial charge < -0.3 is 15.2 Å². The number of carboxylic acid groups (broad SMARTS) is 1. The molecule has 1 aliphatic rings. The number of hydrogen-bond donors (Lipinski definition) is 2. The molecule has 0 spiro atoms. The lowest BCUT2D eigenvalue weighted by atomic mass is 10.3. The Labute approximate surface area is 110 Å². The summed E-state index contributed by atoms with van der Waals surface area (Å²) in [5.41, 5.74) is -0.138. The van der Waals surface area contributed by atoms with Gasteiger partial charge in [-0.3, -0.25) is 0 Å². The summed E-state index contributed by atoms with van der Waals surface area (Å²) in [7, 11) is 0. The number of nitrogens with one attached hydrogen (secondary N) is 1. The minimum Gasteiger partial charge on any atom is -0.476 e. The maximum Gasteiger partial charge on any atom is 0.356 e. The third-order valence-corrected chi connectivity index (χ3v) is 2.96. The molecule has 0 unspecified atom stereocenters. The first-order valence-electron chi connectivity index (χ1n) is 5.88. The second kappa shape index (κ2) is 6.02. The van der Waals surface area contributed by atoms with E-state index in [0.29, 0.717) is 19.0 Å². The molecule has 1 aromatic rings. The molecule has 0 amide bonds. The average Bonchev–Trinajstić information content (AvgIpc) is 3.14. The quantitative estimate of drug-likeness (QED) is 0.744. The molecule has 1 heterocycles. The molecule has 0 radical (unpaired) electrons. The third-order valence-electron chi connectivity index (χ3n) is 2.65. The van der Waals surface area contributed by atoms with Crippen LogP contribution in [0.4, 0.5) is 5.82 Å². The summed E-state index contributed by atoms with van der Waals surface area (Å²) in [5, 5.41) is 12.0. The van der Waals surface area contributed by atoms with Gasteiger partial charge >= 0.3 is 5.97 Å². The molecule has 18 heavy (non-hydrogen) atoms. The number of carbonyl (C=O) groups is 1. The molecule has 98 valence electrons. The van der Waals surface area contributed by atoms with Crippen LogP contribution in [0.5, 0.6) is 0 Å². The van der Waals surface area contributed by atoms with Crippen LogP contribution in [0.3, 0.4) is 0 Å². The summed E-state index contributed by atoms with van der Waals surface area (Å²) in [5.74, 6) is 0.109. The highest BCUT2D eigenvalue weighted by atomic mass is 35.5. The molecule has 0 saturated heterocycles. The van der Waals surface area contributed by atoms with Gasteiger partial charge in [-0.1, -0.05) is 11.6 Å². The zero-order valence-electron chi connectivity index (χ0n) is 9.86. The zero-order chi connectivity index (χ0) is 13.0. The Hall–Kier alpha value is -1.33. The number of anilines is 1. The molecule has 1 saturated carbocycles. The van der Waals surface area contributed by atoms with Gasteiger partial charge in [0.25, 0.3) is 0 Å². The van der Waals surface area contributed by atoms with Crippen LogP contribution < -0.4 is 5.32 Å². The number of pyridine rings is 1. The normalized spacial score (nSPS) is 14.5. The maximum absolute atomic E-state index is 10.8. The van der Waals surface area contributed by atoms with Crippen molar-refractivity contribution in [2.45, 2.75) is 12.8 Å². The van der Waals surface area contributed by atoms with Gasteiger partial charge in [-0.2, -0.15) is 0 Å². The third kappa shape index (κ3) is 3.85. The molecule has 0 aromatic carbocycles. The van der Waals surface area contributed by atoms with Crippen molar-refractivity contribution in [2.24, 2.45) is 5.92 Å². The Bertz CT molecular complexity index is 435. The Morgan fingerprint density at radius 1 is 1.56 bits per heavy atom. The SMILES string of the molecule is O=C(O)c1nc(NCCOCC2CC2)ccc1Cl. The summed E-state index contributed by atoms with van der Waals surface area (Å²) < 4.78 is 5.45. The lowest BCUT2D eigenvalue weighted by Crippen LogP contribution is -2.12. The van der Waals surface area contributed by atoms with E-state index in [9.17, 15) is 4.79 Å². The van der Waals surface area contributed by atoms with Crippen molar-refractivity contribution in [1.29, 1.82) is 0 Å². The smallest absolute Gasteiger partial charge is 0.356 e. The maximum atomic E-state index is 10.8. The molecule has 1 fully saturated rings. The van der Waals surface area contributed by atoms with E-state index < -0.39 is 5.97 Å². The number of hydrogen-bond acceptors (Lipinski definition) is 4. The largest absolute Gasteiger partial charge is 0.476 e. The zero-order valence-corrected chi connectivity index (χ0v) is 10.6. The standard InChI is InChI=1S/C12H15ClN2O3/c13-9-3-4-10(15-11(9)12(16)17)14-5-6-18-7-8-1-2-8/h3-4,8H,1-2,5-7H2,(H,14,15)(H,16,17). The van der Waals surface area contributed by atoms with Crippen molar-refractivity contribution in [3.63, 3.8) is 0 Å². The number of rotatable bonds is 7. The van der Waals surface area contributed by atoms with Crippen LogP contribution in [0.1, 0.15) is 23.3 Å². The fraction of sp³-hybridized carbons (Fsp3) is 0.500. The minimum absolute atomic E-state index is 0.137. The fourth-order valence-electron chi connectivity index (χ4n) is 1.48. The first-order valence-corrected chi connectivity index (χ1v) is 6.26. The minimum atomic E-state index is -1.13. The van der Waals surface area contributed by atoms with Gasteiger partial charge in [-0.05, 0) is 30.9 Å². The molecular weight excluding hydrogens is 256 g/mol. The van der Waals surface area contributed by atoms with Crippen LogP contribution in [-0.4, -0.2) is 35.8 Å². The van der Waals surface area contributed by atoms with E-state index in [2.05, 4.69) is 10.3 Å². The predicted molar refractivity (Wildman–Crippen MR) is 68.2 cm³/mol. The van der Waals surface area contributed by atoms with E-state index in [-0.39, 0.29) is 10.7 Å². The van der Waals surface area contributed by atoms with E-state index in [0.717, 1.165) is 12.5 Å². The summed E-state index contributed by atoms with van der Waals surface area (Å²) in [6.07, 6.45) is 2.54. The van der Waals surface area contributed by atoms with Crippen molar-refractivity contribution in [1.82, 2.24) is 4.98 Å². The molecule has 0 bridgehead atoms. The van der Waals surface area contributed by atoms with Crippen molar-refractivity contribution >= 4 is 23.4 Å². The highest BCUT2D eigenvalue weighted by molar-refractivity contribution is 6.33. The van der Waals surface area contributed by atoms with E-state index in [1.165, 1.54) is 18.9 Å². The number of aromatic carboxylic acids is 1. The lowest BCUT2D eigenvalue weighted by Gasteiger charge is -2.07. The number of ether oxygens (including phenoxy) is 1. The molecule has 5 nitrogen and oxygen atoms in total. The molecule has 1 aliphatic carbocycles. The molecular formula is C12H15ClN2O3. The second-order valence-electron chi connectivity index (χ2n) is 4.28. The summed E-state index contributed by atoms with van der Waals surface area (Å²) in [6.45, 7) is 2.00. The summed E-state index contributed by atoms with van der Waals surface area (Å²) in [4.78, 5) is 14.8. The Balaban J connectivity index is 1.77. The number of nitrogens with zero attached hydrogens (tertiary/aromatic N) is 1. The van der Waals surface area contributed by atoms with Gasteiger partial charge in [0, 0.05) is 13.2 Å². The van der Waals surface area contributed by atoms with Crippen molar-refractivity contribution < 1.29 is 14.6 Å². The Morgan fingerprint density at radius 2 is 2.33 bits per heavy atom. The van der Waals surface area contributed by atoms with Crippen LogP contribution in [0, 0.1) is 5.92 Å². The van der Waals surface area contributed by atoms with Gasteiger partial charge in [0.1, 0.15) is 5.82 Å². The van der Waals surface area contributed by atoms with Crippen LogP contribution in [0.2, 0.25) is 5.02 Å². The second-order valence-corrected chi connectivity index (χ2v) is 4.68. The average molecular weight is 271 g/mol. The fourth-order valence-corrected chi connectivity index (χ4v) is 1.66.